The van der Waals surface area contributed by atoms with E-state index in [1.54, 1.807) is 19.4 Å². The summed E-state index contributed by atoms with van der Waals surface area (Å²) in [7, 11) is 1.63. The number of fused-ring (bicyclic) bond motifs is 2. The molecule has 2 N–H and O–H groups in total. The third kappa shape index (κ3) is 2.27. The van der Waals surface area contributed by atoms with E-state index in [0.717, 1.165) is 28.3 Å². The summed E-state index contributed by atoms with van der Waals surface area (Å²) in [4.78, 5) is 37.1. The Bertz CT molecular complexity index is 1150. The second-order valence-corrected chi connectivity index (χ2v) is 6.50. The maximum absolute atomic E-state index is 12.1. The molecule has 3 aromatic rings. The van der Waals surface area contributed by atoms with E-state index >= 15 is 0 Å². The summed E-state index contributed by atoms with van der Waals surface area (Å²) in [5.74, 6) is 0.772. The molecule has 4 rings (SSSR count). The minimum atomic E-state index is -0.573. The van der Waals surface area contributed by atoms with Gasteiger partial charge in [-0.1, -0.05) is 13.8 Å². The van der Waals surface area contributed by atoms with Gasteiger partial charge >= 0.3 is 5.69 Å². The Morgan fingerprint density at radius 1 is 1.12 bits per heavy atom. The number of benzene rings is 1. The van der Waals surface area contributed by atoms with Gasteiger partial charge in [-0.25, -0.2) is 9.78 Å². The van der Waals surface area contributed by atoms with Crippen molar-refractivity contribution in [1.29, 1.82) is 0 Å². The van der Waals surface area contributed by atoms with Crippen molar-refractivity contribution in [3.63, 3.8) is 0 Å². The van der Waals surface area contributed by atoms with Gasteiger partial charge in [0.25, 0.3) is 5.56 Å². The fourth-order valence-electron chi connectivity index (χ4n) is 3.23. The van der Waals surface area contributed by atoms with E-state index in [0.29, 0.717) is 5.39 Å². The van der Waals surface area contributed by atoms with Crippen LogP contribution in [-0.2, 0) is 5.41 Å². The number of methoxy groups -OCH3 is 1. The normalized spacial score (nSPS) is 15.1. The van der Waals surface area contributed by atoms with Crippen LogP contribution in [-0.4, -0.2) is 27.8 Å². The molecule has 2 aromatic heterocycles. The first-order valence-electron chi connectivity index (χ1n) is 7.80. The van der Waals surface area contributed by atoms with Gasteiger partial charge in [-0.15, -0.1) is 0 Å². The van der Waals surface area contributed by atoms with E-state index in [1.165, 1.54) is 0 Å². The van der Waals surface area contributed by atoms with E-state index in [-0.39, 0.29) is 11.1 Å². The van der Waals surface area contributed by atoms with Crippen molar-refractivity contribution in [2.75, 3.05) is 7.11 Å². The molecule has 0 unspecified atom stereocenters. The first-order chi connectivity index (χ1) is 11.9. The average Bonchev–Trinajstić information content (AvgIpc) is 2.85. The molecule has 0 amide bonds. The molecule has 1 aliphatic rings. The Hall–Kier alpha value is -3.22. The van der Waals surface area contributed by atoms with Crippen LogP contribution in [0.25, 0.3) is 11.0 Å². The molecule has 0 saturated heterocycles. The Labute approximate surface area is 142 Å². The van der Waals surface area contributed by atoms with E-state index in [1.807, 2.05) is 18.2 Å². The van der Waals surface area contributed by atoms with Gasteiger partial charge in [0, 0.05) is 17.2 Å². The molecule has 3 heterocycles. The number of rotatable bonds is 2. The van der Waals surface area contributed by atoms with Crippen LogP contribution in [0.4, 0.5) is 5.69 Å². The maximum atomic E-state index is 12.1. The second kappa shape index (κ2) is 5.14. The third-order valence-electron chi connectivity index (χ3n) is 4.57. The number of ether oxygens (including phenoxy) is 1. The van der Waals surface area contributed by atoms with Crippen molar-refractivity contribution >= 4 is 22.4 Å². The first-order valence-corrected chi connectivity index (χ1v) is 7.80. The molecular formula is C18H16N4O3. The molecule has 0 bridgehead atoms. The topological polar surface area (TPSA) is 100 Å². The van der Waals surface area contributed by atoms with Gasteiger partial charge in [-0.05, 0) is 29.8 Å². The van der Waals surface area contributed by atoms with Crippen LogP contribution in [0.15, 0.2) is 45.0 Å². The minimum absolute atomic E-state index is 0.257. The van der Waals surface area contributed by atoms with Crippen molar-refractivity contribution < 1.29 is 4.74 Å². The monoisotopic (exact) mass is 336 g/mol. The molecule has 126 valence electrons. The smallest absolute Gasteiger partial charge is 0.327 e. The largest absolute Gasteiger partial charge is 0.497 e. The van der Waals surface area contributed by atoms with Crippen molar-refractivity contribution in [3.05, 3.63) is 62.4 Å². The highest BCUT2D eigenvalue weighted by atomic mass is 16.5. The number of hydrogen-bond donors (Lipinski definition) is 2. The van der Waals surface area contributed by atoms with Gasteiger partial charge in [-0.3, -0.25) is 19.8 Å². The summed E-state index contributed by atoms with van der Waals surface area (Å²) >= 11 is 0. The zero-order valence-corrected chi connectivity index (χ0v) is 14.0. The number of H-pyrrole nitrogens is 2. The fourth-order valence-corrected chi connectivity index (χ4v) is 3.23. The van der Waals surface area contributed by atoms with Crippen LogP contribution < -0.4 is 16.0 Å². The molecule has 0 atom stereocenters. The summed E-state index contributed by atoms with van der Waals surface area (Å²) in [5, 5.41) is 0.323. The highest BCUT2D eigenvalue weighted by Gasteiger charge is 2.36. The average molecular weight is 336 g/mol. The fraction of sp³-hybridized carbons (Fsp3) is 0.222. The number of aliphatic imine (C=N–C) groups is 1. The van der Waals surface area contributed by atoms with Crippen LogP contribution in [0.2, 0.25) is 0 Å². The van der Waals surface area contributed by atoms with Gasteiger partial charge in [0.15, 0.2) is 0 Å². The number of pyridine rings is 1. The molecule has 25 heavy (non-hydrogen) atoms. The number of nitrogens with zero attached hydrogens (tertiary/aromatic N) is 2. The Morgan fingerprint density at radius 2 is 1.92 bits per heavy atom. The molecule has 1 aromatic carbocycles. The van der Waals surface area contributed by atoms with Crippen molar-refractivity contribution in [2.45, 2.75) is 19.3 Å². The zero-order valence-electron chi connectivity index (χ0n) is 14.0. The standard InChI is InChI=1S/C18H16N4O3/c1-18(2)12-7-10(25-3)4-5-13(12)20-14(18)9-6-11-15(19-8-9)21-17(24)22-16(11)23/h4-8H,1-3H3,(H2,19,21,22,23,24). The van der Waals surface area contributed by atoms with Gasteiger partial charge in [0.1, 0.15) is 11.4 Å². The Morgan fingerprint density at radius 3 is 2.68 bits per heavy atom. The summed E-state index contributed by atoms with van der Waals surface area (Å²) in [5.41, 5.74) is 2.33. The molecule has 1 aliphatic heterocycles. The molecule has 7 nitrogen and oxygen atoms in total. The maximum Gasteiger partial charge on any atom is 0.327 e. The van der Waals surface area contributed by atoms with E-state index in [4.69, 9.17) is 9.73 Å². The lowest BCUT2D eigenvalue weighted by molar-refractivity contribution is 0.414. The molecule has 0 spiro atoms. The Kier molecular flexibility index (Phi) is 3.15. The summed E-state index contributed by atoms with van der Waals surface area (Å²) in [6.45, 7) is 4.14. The molecular weight excluding hydrogens is 320 g/mol. The lowest BCUT2D eigenvalue weighted by atomic mass is 9.79. The molecule has 0 saturated carbocycles. The molecule has 0 radical (unpaired) electrons. The number of aromatic amines is 2. The highest BCUT2D eigenvalue weighted by Crippen LogP contribution is 2.43. The van der Waals surface area contributed by atoms with Crippen LogP contribution in [0, 0.1) is 0 Å². The van der Waals surface area contributed by atoms with Gasteiger partial charge < -0.3 is 4.74 Å². The number of nitrogens with one attached hydrogen (secondary N) is 2. The number of hydrogen-bond acceptors (Lipinski definition) is 5. The van der Waals surface area contributed by atoms with E-state index in [9.17, 15) is 9.59 Å². The van der Waals surface area contributed by atoms with E-state index in [2.05, 4.69) is 28.8 Å². The van der Waals surface area contributed by atoms with Gasteiger partial charge in [0.2, 0.25) is 0 Å². The minimum Gasteiger partial charge on any atom is -0.497 e. The molecule has 0 fully saturated rings. The van der Waals surface area contributed by atoms with Crippen LogP contribution in [0.1, 0.15) is 25.0 Å². The van der Waals surface area contributed by atoms with Gasteiger partial charge in [-0.2, -0.15) is 0 Å². The van der Waals surface area contributed by atoms with Crippen molar-refractivity contribution in [3.8, 4) is 5.75 Å². The van der Waals surface area contributed by atoms with Crippen LogP contribution in [0.5, 0.6) is 5.75 Å². The lowest BCUT2D eigenvalue weighted by Gasteiger charge is -2.22. The Balaban J connectivity index is 1.89. The van der Waals surface area contributed by atoms with Crippen molar-refractivity contribution in [2.24, 2.45) is 4.99 Å². The lowest BCUT2D eigenvalue weighted by Crippen LogP contribution is -2.27. The van der Waals surface area contributed by atoms with Gasteiger partial charge in [0.05, 0.1) is 23.9 Å². The predicted octanol–water partition coefficient (Wildman–Crippen LogP) is 2.03. The summed E-state index contributed by atoms with van der Waals surface area (Å²) in [6, 6.07) is 7.47. The van der Waals surface area contributed by atoms with Crippen LogP contribution in [0.3, 0.4) is 0 Å². The molecule has 7 heteroatoms. The summed E-state index contributed by atoms with van der Waals surface area (Å²) < 4.78 is 5.32. The van der Waals surface area contributed by atoms with E-state index < -0.39 is 11.2 Å². The predicted molar refractivity (Wildman–Crippen MR) is 95.2 cm³/mol. The van der Waals surface area contributed by atoms with Crippen molar-refractivity contribution in [1.82, 2.24) is 15.0 Å². The molecule has 0 aliphatic carbocycles. The van der Waals surface area contributed by atoms with Crippen LogP contribution >= 0.6 is 0 Å². The highest BCUT2D eigenvalue weighted by molar-refractivity contribution is 6.13. The first kappa shape index (κ1) is 15.3. The second-order valence-electron chi connectivity index (χ2n) is 6.50. The number of aromatic nitrogens is 3. The zero-order chi connectivity index (χ0) is 17.8. The SMILES string of the molecule is COc1ccc2c(c1)C(C)(C)C(c1cnc3[nH]c(=O)[nH]c(=O)c3c1)=N2. The summed E-state index contributed by atoms with van der Waals surface area (Å²) in [6.07, 6.45) is 1.63. The quantitative estimate of drug-likeness (QED) is 0.748. The third-order valence-corrected chi connectivity index (χ3v) is 4.57.